The third kappa shape index (κ3) is 11.9. The summed E-state index contributed by atoms with van der Waals surface area (Å²) in [6.45, 7) is 14.8. The second-order valence-electron chi connectivity index (χ2n) is 6.03. The quantitative estimate of drug-likeness (QED) is 0.381. The zero-order valence-electron chi connectivity index (χ0n) is 13.8. The highest BCUT2D eigenvalue weighted by molar-refractivity contribution is 14.0. The molecule has 0 aliphatic heterocycles. The van der Waals surface area contributed by atoms with E-state index in [-0.39, 0.29) is 28.7 Å². The molecule has 0 aromatic heterocycles. The molecule has 1 unspecified atom stereocenters. The van der Waals surface area contributed by atoms with Crippen LogP contribution in [0.3, 0.4) is 0 Å². The third-order valence-corrected chi connectivity index (χ3v) is 4.52. The fraction of sp³-hybridized carbons (Fsp3) is 0.929. The van der Waals surface area contributed by atoms with E-state index >= 15 is 0 Å². The molecular formula is C14H32IN3OS. The van der Waals surface area contributed by atoms with Crippen molar-refractivity contribution in [2.45, 2.75) is 52.7 Å². The number of guanidine groups is 1. The van der Waals surface area contributed by atoms with Gasteiger partial charge in [-0.3, -0.25) is 9.20 Å². The van der Waals surface area contributed by atoms with Gasteiger partial charge >= 0.3 is 0 Å². The lowest BCUT2D eigenvalue weighted by Crippen LogP contribution is -2.40. The van der Waals surface area contributed by atoms with E-state index in [2.05, 4.69) is 29.5 Å². The third-order valence-electron chi connectivity index (χ3n) is 2.58. The van der Waals surface area contributed by atoms with Gasteiger partial charge in [0.15, 0.2) is 5.96 Å². The Labute approximate surface area is 144 Å². The van der Waals surface area contributed by atoms with Crippen molar-refractivity contribution < 1.29 is 4.21 Å². The molecule has 0 amide bonds. The summed E-state index contributed by atoms with van der Waals surface area (Å²) >= 11 is 0. The van der Waals surface area contributed by atoms with Crippen molar-refractivity contribution in [3.8, 4) is 0 Å². The number of aliphatic imine (C=N–C) groups is 1. The summed E-state index contributed by atoms with van der Waals surface area (Å²) in [5, 5.41) is 6.45. The Morgan fingerprint density at radius 2 is 1.85 bits per heavy atom. The fourth-order valence-corrected chi connectivity index (χ4v) is 2.24. The molecule has 0 aromatic rings. The molecule has 0 saturated carbocycles. The Bertz CT molecular complexity index is 301. The van der Waals surface area contributed by atoms with Crippen molar-refractivity contribution in [3.63, 3.8) is 0 Å². The zero-order chi connectivity index (χ0) is 14.9. The van der Waals surface area contributed by atoms with Crippen LogP contribution in [-0.2, 0) is 10.8 Å². The van der Waals surface area contributed by atoms with E-state index in [9.17, 15) is 4.21 Å². The van der Waals surface area contributed by atoms with Crippen molar-refractivity contribution in [1.29, 1.82) is 0 Å². The largest absolute Gasteiger partial charge is 0.357 e. The minimum absolute atomic E-state index is 0. The van der Waals surface area contributed by atoms with E-state index in [1.807, 2.05) is 27.7 Å². The van der Waals surface area contributed by atoms with Crippen LogP contribution >= 0.6 is 24.0 Å². The first-order valence-electron chi connectivity index (χ1n) is 7.18. The van der Waals surface area contributed by atoms with E-state index in [1.54, 1.807) is 0 Å². The SMILES string of the molecule is CCNC(=NCCC(C)C)NCCS(=O)C(C)(C)C.I. The Hall–Kier alpha value is 0.150. The number of hydrogen-bond acceptors (Lipinski definition) is 2. The van der Waals surface area contributed by atoms with Gasteiger partial charge in [0, 0.05) is 40.9 Å². The summed E-state index contributed by atoms with van der Waals surface area (Å²) in [4.78, 5) is 4.51. The molecule has 0 fully saturated rings. The number of rotatable bonds is 7. The van der Waals surface area contributed by atoms with Crippen molar-refractivity contribution >= 4 is 40.7 Å². The topological polar surface area (TPSA) is 53.5 Å². The Kier molecular flexibility index (Phi) is 13.2. The van der Waals surface area contributed by atoms with Gasteiger partial charge in [-0.1, -0.05) is 13.8 Å². The summed E-state index contributed by atoms with van der Waals surface area (Å²) in [5.74, 6) is 2.15. The van der Waals surface area contributed by atoms with Crippen LogP contribution in [0.2, 0.25) is 0 Å². The van der Waals surface area contributed by atoms with Crippen LogP contribution in [0.4, 0.5) is 0 Å². The number of halogens is 1. The van der Waals surface area contributed by atoms with Crippen LogP contribution in [0.25, 0.3) is 0 Å². The minimum atomic E-state index is -0.816. The highest BCUT2D eigenvalue weighted by atomic mass is 127. The summed E-state index contributed by atoms with van der Waals surface area (Å²) < 4.78 is 11.8. The van der Waals surface area contributed by atoms with Crippen LogP contribution in [0, 0.1) is 5.92 Å². The minimum Gasteiger partial charge on any atom is -0.357 e. The van der Waals surface area contributed by atoms with Crippen molar-refractivity contribution in [2.75, 3.05) is 25.4 Å². The summed E-state index contributed by atoms with van der Waals surface area (Å²) in [5.41, 5.74) is 0. The molecule has 0 aromatic carbocycles. The molecule has 2 N–H and O–H groups in total. The van der Waals surface area contributed by atoms with Gasteiger partial charge in [-0.2, -0.15) is 0 Å². The smallest absolute Gasteiger partial charge is 0.191 e. The molecule has 4 nitrogen and oxygen atoms in total. The van der Waals surface area contributed by atoms with Gasteiger partial charge in [0.1, 0.15) is 0 Å². The average Bonchev–Trinajstić information content (AvgIpc) is 2.27. The molecule has 0 heterocycles. The molecule has 0 spiro atoms. The van der Waals surface area contributed by atoms with Gasteiger partial charge in [0.2, 0.25) is 0 Å². The predicted octanol–water partition coefficient (Wildman–Crippen LogP) is 2.75. The van der Waals surface area contributed by atoms with Gasteiger partial charge < -0.3 is 10.6 Å². The first-order chi connectivity index (χ1) is 8.77. The Balaban J connectivity index is 0. The van der Waals surface area contributed by atoms with Crippen molar-refractivity contribution in [2.24, 2.45) is 10.9 Å². The highest BCUT2D eigenvalue weighted by Gasteiger charge is 2.18. The lowest BCUT2D eigenvalue weighted by Gasteiger charge is -2.18. The Morgan fingerprint density at radius 3 is 2.30 bits per heavy atom. The van der Waals surface area contributed by atoms with Crippen LogP contribution in [-0.4, -0.2) is 40.3 Å². The van der Waals surface area contributed by atoms with Crippen LogP contribution in [0.5, 0.6) is 0 Å². The van der Waals surface area contributed by atoms with E-state index < -0.39 is 10.8 Å². The second-order valence-corrected chi connectivity index (χ2v) is 8.36. The summed E-state index contributed by atoms with van der Waals surface area (Å²) in [7, 11) is -0.816. The maximum atomic E-state index is 11.9. The van der Waals surface area contributed by atoms with Crippen molar-refractivity contribution in [1.82, 2.24) is 10.6 Å². The van der Waals surface area contributed by atoms with Gasteiger partial charge in [-0.15, -0.1) is 24.0 Å². The normalized spacial score (nSPS) is 13.8. The van der Waals surface area contributed by atoms with Crippen molar-refractivity contribution in [3.05, 3.63) is 0 Å². The number of nitrogens with one attached hydrogen (secondary N) is 2. The lowest BCUT2D eigenvalue weighted by atomic mass is 10.1. The van der Waals surface area contributed by atoms with E-state index in [4.69, 9.17) is 0 Å². The molecule has 0 radical (unpaired) electrons. The molecule has 0 saturated heterocycles. The van der Waals surface area contributed by atoms with Gasteiger partial charge in [-0.05, 0) is 40.0 Å². The maximum absolute atomic E-state index is 11.9. The van der Waals surface area contributed by atoms with Crippen LogP contribution < -0.4 is 10.6 Å². The molecule has 122 valence electrons. The van der Waals surface area contributed by atoms with Gasteiger partial charge in [-0.25, -0.2) is 0 Å². The molecule has 0 aliphatic rings. The monoisotopic (exact) mass is 417 g/mol. The fourth-order valence-electron chi connectivity index (χ4n) is 1.34. The summed E-state index contributed by atoms with van der Waals surface area (Å²) in [6.07, 6.45) is 1.09. The van der Waals surface area contributed by atoms with Crippen LogP contribution in [0.1, 0.15) is 48.0 Å². The predicted molar refractivity (Wildman–Crippen MR) is 102 cm³/mol. The first-order valence-corrected chi connectivity index (χ1v) is 8.50. The maximum Gasteiger partial charge on any atom is 0.191 e. The van der Waals surface area contributed by atoms with E-state index in [1.165, 1.54) is 0 Å². The molecule has 1 atom stereocenters. The van der Waals surface area contributed by atoms with Gasteiger partial charge in [0.05, 0.1) is 0 Å². The number of hydrogen-bond donors (Lipinski definition) is 2. The molecule has 6 heteroatoms. The molecule has 20 heavy (non-hydrogen) atoms. The zero-order valence-corrected chi connectivity index (χ0v) is 16.9. The lowest BCUT2D eigenvalue weighted by molar-refractivity contribution is 0.594. The molecule has 0 aliphatic carbocycles. The average molecular weight is 417 g/mol. The summed E-state index contributed by atoms with van der Waals surface area (Å²) in [6, 6.07) is 0. The first kappa shape index (κ1) is 22.4. The van der Waals surface area contributed by atoms with Crippen LogP contribution in [0.15, 0.2) is 4.99 Å². The standard InChI is InChI=1S/C14H31N3OS.HI/c1-7-15-13(16-9-8-12(2)3)17-10-11-19(18)14(4,5)6;/h12H,7-11H2,1-6H3,(H2,15,16,17);1H. The second kappa shape index (κ2) is 11.8. The Morgan fingerprint density at radius 1 is 1.25 bits per heavy atom. The van der Waals surface area contributed by atoms with Gasteiger partial charge in [0.25, 0.3) is 0 Å². The van der Waals surface area contributed by atoms with E-state index in [0.29, 0.717) is 18.2 Å². The molecule has 0 rings (SSSR count). The number of nitrogens with zero attached hydrogens (tertiary/aromatic N) is 1. The van der Waals surface area contributed by atoms with E-state index in [0.717, 1.165) is 25.5 Å². The molecule has 0 bridgehead atoms. The molecular weight excluding hydrogens is 385 g/mol. The highest BCUT2D eigenvalue weighted by Crippen LogP contribution is 2.10.